The van der Waals surface area contributed by atoms with Crippen molar-refractivity contribution in [2.45, 2.75) is 6.11 Å². The molecule has 0 aliphatic carbocycles. The van der Waals surface area contributed by atoms with Crippen molar-refractivity contribution in [1.82, 2.24) is 4.98 Å². The van der Waals surface area contributed by atoms with Crippen LogP contribution in [0.4, 0.5) is 13.2 Å². The van der Waals surface area contributed by atoms with Crippen LogP contribution in [0.15, 0.2) is 18.3 Å². The monoisotopic (exact) mass is 193 g/mol. The number of aromatic hydroxyl groups is 1. The Hall–Kier alpha value is -1.46. The van der Waals surface area contributed by atoms with Crippen molar-refractivity contribution in [3.8, 4) is 11.6 Å². The molecular weight excluding hydrogens is 187 g/mol. The number of halogens is 3. The highest BCUT2D eigenvalue weighted by Gasteiger charge is 2.32. The summed E-state index contributed by atoms with van der Waals surface area (Å²) in [5.41, 5.74) is 0. The minimum absolute atomic E-state index is 0.184. The summed E-state index contributed by atoms with van der Waals surface area (Å²) in [6.07, 6.45) is -2.95. The molecule has 0 fully saturated rings. The summed E-state index contributed by atoms with van der Waals surface area (Å²) < 4.78 is 39.9. The predicted octanol–water partition coefficient (Wildman–Crippen LogP) is 1.73. The van der Waals surface area contributed by atoms with Crippen LogP contribution in [0.25, 0.3) is 0 Å². The summed E-state index contributed by atoms with van der Waals surface area (Å²) >= 11 is 0. The minimum Gasteiger partial charge on any atom is -0.506 e. The fourth-order valence-electron chi connectivity index (χ4n) is 0.613. The van der Waals surface area contributed by atoms with Crippen LogP contribution in [0.1, 0.15) is 0 Å². The molecule has 3 nitrogen and oxygen atoms in total. The van der Waals surface area contributed by atoms with E-state index < -0.39 is 18.7 Å². The Morgan fingerprint density at radius 3 is 2.62 bits per heavy atom. The molecule has 0 aliphatic heterocycles. The van der Waals surface area contributed by atoms with E-state index >= 15 is 0 Å². The van der Waals surface area contributed by atoms with Crippen molar-refractivity contribution in [3.63, 3.8) is 0 Å². The highest BCUT2D eigenvalue weighted by atomic mass is 19.3. The highest BCUT2D eigenvalue weighted by molar-refractivity contribution is 5.21. The maximum atomic E-state index is 12.2. The van der Waals surface area contributed by atoms with Crippen molar-refractivity contribution >= 4 is 0 Å². The minimum atomic E-state index is -3.87. The third kappa shape index (κ3) is 2.81. The van der Waals surface area contributed by atoms with Crippen LogP contribution in [0.2, 0.25) is 0 Å². The molecule has 0 unspecified atom stereocenters. The fraction of sp³-hybridized carbons (Fsp3) is 0.286. The van der Waals surface area contributed by atoms with E-state index in [2.05, 4.69) is 9.72 Å². The Labute approximate surface area is 71.8 Å². The molecule has 6 heteroatoms. The van der Waals surface area contributed by atoms with Gasteiger partial charge in [-0.2, -0.15) is 8.78 Å². The summed E-state index contributed by atoms with van der Waals surface area (Å²) in [6.45, 7) is -1.92. The molecule has 0 radical (unpaired) electrons. The fourth-order valence-corrected chi connectivity index (χ4v) is 0.613. The van der Waals surface area contributed by atoms with E-state index in [1.54, 1.807) is 0 Å². The normalized spacial score (nSPS) is 11.3. The maximum Gasteiger partial charge on any atom is 0.428 e. The number of ether oxygens (including phenoxy) is 1. The van der Waals surface area contributed by atoms with Gasteiger partial charge in [-0.1, -0.05) is 0 Å². The lowest BCUT2D eigenvalue weighted by Crippen LogP contribution is -2.27. The third-order valence-corrected chi connectivity index (χ3v) is 1.13. The standard InChI is InChI=1S/C7H6F3NO2/c8-4-7(9,10)13-6-2-1-5(12)3-11-6/h1-3,12H,4H2. The Bertz CT molecular complexity index is 276. The van der Waals surface area contributed by atoms with E-state index in [1.165, 1.54) is 0 Å². The summed E-state index contributed by atoms with van der Waals surface area (Å²) in [6, 6.07) is 2.12. The molecule has 1 heterocycles. The molecule has 0 spiro atoms. The first-order chi connectivity index (χ1) is 6.03. The molecule has 1 aromatic rings. The second-order valence-electron chi connectivity index (χ2n) is 2.23. The van der Waals surface area contributed by atoms with Gasteiger partial charge in [0, 0.05) is 6.07 Å². The topological polar surface area (TPSA) is 42.4 Å². The summed E-state index contributed by atoms with van der Waals surface area (Å²) in [7, 11) is 0. The Morgan fingerprint density at radius 1 is 1.46 bits per heavy atom. The van der Waals surface area contributed by atoms with Crippen LogP contribution in [0.5, 0.6) is 11.6 Å². The molecule has 0 amide bonds. The molecular formula is C7H6F3NO2. The third-order valence-electron chi connectivity index (χ3n) is 1.13. The van der Waals surface area contributed by atoms with E-state index in [9.17, 15) is 13.2 Å². The van der Waals surface area contributed by atoms with Crippen LogP contribution >= 0.6 is 0 Å². The molecule has 0 bridgehead atoms. The van der Waals surface area contributed by atoms with Crippen LogP contribution in [0, 0.1) is 0 Å². The van der Waals surface area contributed by atoms with Gasteiger partial charge in [0.2, 0.25) is 5.88 Å². The molecule has 0 saturated heterocycles. The smallest absolute Gasteiger partial charge is 0.428 e. The number of aromatic nitrogens is 1. The van der Waals surface area contributed by atoms with Gasteiger partial charge < -0.3 is 9.84 Å². The number of hydrogen-bond acceptors (Lipinski definition) is 3. The summed E-state index contributed by atoms with van der Waals surface area (Å²) in [5, 5.41) is 8.73. The molecule has 1 N–H and O–H groups in total. The first kappa shape index (κ1) is 9.63. The zero-order chi connectivity index (χ0) is 9.90. The van der Waals surface area contributed by atoms with Gasteiger partial charge in [-0.05, 0) is 6.07 Å². The average molecular weight is 193 g/mol. The maximum absolute atomic E-state index is 12.2. The zero-order valence-corrected chi connectivity index (χ0v) is 6.38. The SMILES string of the molecule is Oc1ccc(OC(F)(F)CF)nc1. The lowest BCUT2D eigenvalue weighted by atomic mass is 10.4. The molecule has 0 aliphatic rings. The first-order valence-corrected chi connectivity index (χ1v) is 3.31. The number of hydrogen-bond donors (Lipinski definition) is 1. The van der Waals surface area contributed by atoms with Crippen molar-refractivity contribution < 1.29 is 23.0 Å². The van der Waals surface area contributed by atoms with E-state index in [1.807, 2.05) is 0 Å². The van der Waals surface area contributed by atoms with Gasteiger partial charge in [-0.25, -0.2) is 9.37 Å². The number of alkyl halides is 3. The van der Waals surface area contributed by atoms with Crippen LogP contribution in [-0.2, 0) is 0 Å². The number of rotatable bonds is 3. The van der Waals surface area contributed by atoms with Crippen LogP contribution < -0.4 is 4.74 Å². The van der Waals surface area contributed by atoms with Crippen molar-refractivity contribution in [3.05, 3.63) is 18.3 Å². The molecule has 1 rings (SSSR count). The van der Waals surface area contributed by atoms with E-state index in [0.29, 0.717) is 0 Å². The van der Waals surface area contributed by atoms with E-state index in [-0.39, 0.29) is 5.75 Å². The van der Waals surface area contributed by atoms with Crippen LogP contribution in [-0.4, -0.2) is 22.9 Å². The largest absolute Gasteiger partial charge is 0.506 e. The Balaban J connectivity index is 2.69. The molecule has 13 heavy (non-hydrogen) atoms. The van der Waals surface area contributed by atoms with Gasteiger partial charge in [0.05, 0.1) is 6.20 Å². The molecule has 1 aromatic heterocycles. The number of pyridine rings is 1. The van der Waals surface area contributed by atoms with E-state index in [0.717, 1.165) is 18.3 Å². The Morgan fingerprint density at radius 2 is 2.15 bits per heavy atom. The van der Waals surface area contributed by atoms with E-state index in [4.69, 9.17) is 5.11 Å². The molecule has 0 saturated carbocycles. The zero-order valence-electron chi connectivity index (χ0n) is 6.38. The second kappa shape index (κ2) is 3.51. The second-order valence-corrected chi connectivity index (χ2v) is 2.23. The first-order valence-electron chi connectivity index (χ1n) is 3.31. The summed E-state index contributed by atoms with van der Waals surface area (Å²) in [4.78, 5) is 3.29. The molecule has 0 atom stereocenters. The lowest BCUT2D eigenvalue weighted by Gasteiger charge is -2.12. The lowest BCUT2D eigenvalue weighted by molar-refractivity contribution is -0.188. The molecule has 72 valence electrons. The summed E-state index contributed by atoms with van der Waals surface area (Å²) in [5.74, 6) is -0.628. The van der Waals surface area contributed by atoms with Gasteiger partial charge in [0.1, 0.15) is 5.75 Å². The van der Waals surface area contributed by atoms with Gasteiger partial charge in [-0.3, -0.25) is 0 Å². The Kier molecular flexibility index (Phi) is 2.60. The van der Waals surface area contributed by atoms with Gasteiger partial charge in [-0.15, -0.1) is 0 Å². The van der Waals surface area contributed by atoms with Crippen molar-refractivity contribution in [2.75, 3.05) is 6.67 Å². The van der Waals surface area contributed by atoms with Gasteiger partial charge >= 0.3 is 6.11 Å². The number of nitrogens with zero attached hydrogens (tertiary/aromatic N) is 1. The quantitative estimate of drug-likeness (QED) is 0.794. The van der Waals surface area contributed by atoms with Crippen LogP contribution in [0.3, 0.4) is 0 Å². The average Bonchev–Trinajstić information content (AvgIpc) is 2.09. The predicted molar refractivity (Wildman–Crippen MR) is 37.5 cm³/mol. The van der Waals surface area contributed by atoms with Crippen molar-refractivity contribution in [2.24, 2.45) is 0 Å². The highest BCUT2D eigenvalue weighted by Crippen LogP contribution is 2.20. The van der Waals surface area contributed by atoms with Crippen molar-refractivity contribution in [1.29, 1.82) is 0 Å². The van der Waals surface area contributed by atoms with Gasteiger partial charge in [0.25, 0.3) is 0 Å². The van der Waals surface area contributed by atoms with Gasteiger partial charge in [0.15, 0.2) is 6.67 Å². The molecule has 0 aromatic carbocycles.